The fourth-order valence-electron chi connectivity index (χ4n) is 5.22. The molecule has 2 N–H and O–H groups in total. The first-order chi connectivity index (χ1) is 14.1. The van der Waals surface area contributed by atoms with Gasteiger partial charge in [0.25, 0.3) is 0 Å². The summed E-state index contributed by atoms with van der Waals surface area (Å²) < 4.78 is 0. The maximum atomic E-state index is 10.2. The number of hydrogen-bond donors (Lipinski definition) is 2. The van der Waals surface area contributed by atoms with E-state index in [-0.39, 0.29) is 12.0 Å². The molecule has 0 aliphatic carbocycles. The molecular weight excluding hydrogens is 362 g/mol. The second-order valence-electron chi connectivity index (χ2n) is 8.94. The molecule has 29 heavy (non-hydrogen) atoms. The Morgan fingerprint density at radius 2 is 1.72 bits per heavy atom. The Morgan fingerprint density at radius 3 is 2.41 bits per heavy atom. The number of benzene rings is 1. The summed E-state index contributed by atoms with van der Waals surface area (Å²) in [4.78, 5) is 9.60. The zero-order chi connectivity index (χ0) is 20.3. The number of aromatic nitrogens is 1. The van der Waals surface area contributed by atoms with Crippen LogP contribution in [0.3, 0.4) is 0 Å². The highest BCUT2D eigenvalue weighted by molar-refractivity contribution is 5.27. The number of nitrogens with zero attached hydrogens (tertiary/aromatic N) is 3. The number of aliphatic hydroxyl groups excluding tert-OH is 1. The lowest BCUT2D eigenvalue weighted by Crippen LogP contribution is -2.53. The van der Waals surface area contributed by atoms with E-state index >= 15 is 0 Å². The number of rotatable bonds is 5. The van der Waals surface area contributed by atoms with E-state index in [1.165, 1.54) is 0 Å². The van der Waals surface area contributed by atoms with Gasteiger partial charge in [-0.3, -0.25) is 14.8 Å². The average molecular weight is 396 g/mol. The van der Waals surface area contributed by atoms with Crippen molar-refractivity contribution in [2.24, 2.45) is 11.3 Å². The van der Waals surface area contributed by atoms with Gasteiger partial charge in [0.05, 0.1) is 5.69 Å². The van der Waals surface area contributed by atoms with E-state index in [1.54, 1.807) is 6.07 Å². The van der Waals surface area contributed by atoms with Crippen LogP contribution in [-0.2, 0) is 13.1 Å². The summed E-state index contributed by atoms with van der Waals surface area (Å²) >= 11 is 0. The van der Waals surface area contributed by atoms with Gasteiger partial charge in [0, 0.05) is 37.9 Å². The van der Waals surface area contributed by atoms with Gasteiger partial charge in [0.15, 0.2) is 0 Å². The minimum atomic E-state index is 0.260. The minimum Gasteiger partial charge on any atom is -0.508 e. The van der Waals surface area contributed by atoms with E-state index < -0.39 is 0 Å². The van der Waals surface area contributed by atoms with Crippen LogP contribution in [0.5, 0.6) is 5.75 Å². The molecule has 3 heterocycles. The van der Waals surface area contributed by atoms with Gasteiger partial charge >= 0.3 is 0 Å². The highest BCUT2D eigenvalue weighted by Gasteiger charge is 2.44. The summed E-state index contributed by atoms with van der Waals surface area (Å²) in [6.07, 6.45) is 3.46. The van der Waals surface area contributed by atoms with Crippen molar-refractivity contribution in [1.82, 2.24) is 14.8 Å². The lowest BCUT2D eigenvalue weighted by atomic mass is 9.64. The predicted octanol–water partition coefficient (Wildman–Crippen LogP) is 3.19. The third-order valence-corrected chi connectivity index (χ3v) is 6.99. The third kappa shape index (κ3) is 4.80. The maximum absolute atomic E-state index is 10.2. The Morgan fingerprint density at radius 1 is 1.00 bits per heavy atom. The molecule has 0 amide bonds. The average Bonchev–Trinajstić information content (AvgIpc) is 2.71. The number of aryl methyl sites for hydroxylation is 1. The SMILES string of the molecule is Cc1cccc(CN2CCC3(CC2)CCN(Cc2cccc(O)c2)CC3CO)n1. The number of piperidine rings is 2. The molecule has 0 bridgehead atoms. The first-order valence-corrected chi connectivity index (χ1v) is 10.8. The molecular formula is C24H33N3O2. The smallest absolute Gasteiger partial charge is 0.115 e. The second kappa shape index (κ2) is 8.82. The number of phenolic OH excluding ortho intramolecular Hbond substituents is 1. The zero-order valence-corrected chi connectivity index (χ0v) is 17.4. The molecule has 156 valence electrons. The molecule has 2 saturated heterocycles. The normalized spacial score (nSPS) is 22.8. The fourth-order valence-corrected chi connectivity index (χ4v) is 5.22. The standard InChI is InChI=1S/C24H33N3O2/c1-19-4-2-6-22(25-19)17-26-11-8-24(9-12-26)10-13-27(16-21(24)18-28)15-20-5-3-7-23(29)14-20/h2-7,14,21,28-29H,8-13,15-18H2,1H3. The molecule has 1 aromatic carbocycles. The van der Waals surface area contributed by atoms with E-state index in [0.717, 1.165) is 75.5 Å². The fraction of sp³-hybridized carbons (Fsp3) is 0.542. The quantitative estimate of drug-likeness (QED) is 0.814. The van der Waals surface area contributed by atoms with Crippen molar-refractivity contribution in [3.05, 3.63) is 59.4 Å². The lowest BCUT2D eigenvalue weighted by molar-refractivity contribution is -0.0451. The van der Waals surface area contributed by atoms with E-state index in [1.807, 2.05) is 25.1 Å². The number of aromatic hydroxyl groups is 1. The Hall–Kier alpha value is -1.95. The van der Waals surface area contributed by atoms with Crippen LogP contribution in [0, 0.1) is 18.3 Å². The van der Waals surface area contributed by atoms with E-state index in [9.17, 15) is 10.2 Å². The molecule has 1 unspecified atom stereocenters. The molecule has 2 aliphatic heterocycles. The number of phenols is 1. The van der Waals surface area contributed by atoms with Crippen molar-refractivity contribution in [2.75, 3.05) is 32.8 Å². The maximum Gasteiger partial charge on any atom is 0.115 e. The number of likely N-dealkylation sites (tertiary alicyclic amines) is 2. The molecule has 0 radical (unpaired) electrons. The van der Waals surface area contributed by atoms with Crippen LogP contribution in [0.2, 0.25) is 0 Å². The van der Waals surface area contributed by atoms with Crippen molar-refractivity contribution in [2.45, 2.75) is 39.3 Å². The van der Waals surface area contributed by atoms with Crippen LogP contribution in [0.15, 0.2) is 42.5 Å². The summed E-state index contributed by atoms with van der Waals surface area (Å²) in [6, 6.07) is 13.8. The van der Waals surface area contributed by atoms with Crippen molar-refractivity contribution in [3.8, 4) is 5.75 Å². The molecule has 2 aliphatic rings. The summed E-state index contributed by atoms with van der Waals surface area (Å²) in [6.45, 7) is 8.23. The van der Waals surface area contributed by atoms with Gasteiger partial charge in [0.1, 0.15) is 5.75 Å². The van der Waals surface area contributed by atoms with Crippen LogP contribution in [0.25, 0.3) is 0 Å². The monoisotopic (exact) mass is 395 g/mol. The number of hydrogen-bond acceptors (Lipinski definition) is 5. The van der Waals surface area contributed by atoms with Crippen molar-refractivity contribution in [1.29, 1.82) is 0 Å². The molecule has 2 aromatic rings. The minimum absolute atomic E-state index is 0.260. The third-order valence-electron chi connectivity index (χ3n) is 6.99. The molecule has 4 rings (SSSR count). The lowest BCUT2D eigenvalue weighted by Gasteiger charge is -2.51. The first kappa shape index (κ1) is 20.3. The van der Waals surface area contributed by atoms with E-state index in [4.69, 9.17) is 0 Å². The van der Waals surface area contributed by atoms with Crippen LogP contribution >= 0.6 is 0 Å². The van der Waals surface area contributed by atoms with E-state index in [0.29, 0.717) is 11.7 Å². The van der Waals surface area contributed by atoms with Crippen molar-refractivity contribution >= 4 is 0 Å². The first-order valence-electron chi connectivity index (χ1n) is 10.8. The van der Waals surface area contributed by atoms with Gasteiger partial charge in [-0.25, -0.2) is 0 Å². The molecule has 1 spiro atoms. The summed E-state index contributed by atoms with van der Waals surface area (Å²) in [5, 5.41) is 19.9. The predicted molar refractivity (Wildman–Crippen MR) is 114 cm³/mol. The summed E-state index contributed by atoms with van der Waals surface area (Å²) in [5.74, 6) is 0.651. The Balaban J connectivity index is 1.34. The summed E-state index contributed by atoms with van der Waals surface area (Å²) in [7, 11) is 0. The van der Waals surface area contributed by atoms with Gasteiger partial charge in [-0.1, -0.05) is 18.2 Å². The highest BCUT2D eigenvalue weighted by Crippen LogP contribution is 2.45. The molecule has 2 fully saturated rings. The van der Waals surface area contributed by atoms with Crippen LogP contribution in [-0.4, -0.2) is 57.8 Å². The van der Waals surface area contributed by atoms with Gasteiger partial charge in [0.2, 0.25) is 0 Å². The van der Waals surface area contributed by atoms with Crippen molar-refractivity contribution < 1.29 is 10.2 Å². The van der Waals surface area contributed by atoms with Crippen LogP contribution in [0.1, 0.15) is 36.2 Å². The molecule has 5 nitrogen and oxygen atoms in total. The Labute approximate surface area is 174 Å². The molecule has 0 saturated carbocycles. The van der Waals surface area contributed by atoms with Gasteiger partial charge in [-0.05, 0) is 81.1 Å². The van der Waals surface area contributed by atoms with Crippen LogP contribution < -0.4 is 0 Å². The van der Waals surface area contributed by atoms with Crippen molar-refractivity contribution in [3.63, 3.8) is 0 Å². The highest BCUT2D eigenvalue weighted by atomic mass is 16.3. The van der Waals surface area contributed by atoms with Gasteiger partial charge in [-0.15, -0.1) is 0 Å². The summed E-state index contributed by atoms with van der Waals surface area (Å²) in [5.41, 5.74) is 3.63. The second-order valence-corrected chi connectivity index (χ2v) is 8.94. The Kier molecular flexibility index (Phi) is 6.18. The molecule has 5 heteroatoms. The largest absolute Gasteiger partial charge is 0.508 e. The number of aliphatic hydroxyl groups is 1. The number of pyridine rings is 1. The topological polar surface area (TPSA) is 59.8 Å². The molecule has 1 atom stereocenters. The van der Waals surface area contributed by atoms with Gasteiger partial charge < -0.3 is 10.2 Å². The van der Waals surface area contributed by atoms with Gasteiger partial charge in [-0.2, -0.15) is 0 Å². The Bertz CT molecular complexity index is 809. The zero-order valence-electron chi connectivity index (χ0n) is 17.4. The van der Waals surface area contributed by atoms with Crippen LogP contribution in [0.4, 0.5) is 0 Å². The molecule has 1 aromatic heterocycles. The van der Waals surface area contributed by atoms with E-state index in [2.05, 4.69) is 33.0 Å².